The van der Waals surface area contributed by atoms with Gasteiger partial charge in [0.25, 0.3) is 0 Å². The van der Waals surface area contributed by atoms with E-state index in [1.165, 1.54) is 0 Å². The molecule has 3 nitrogen and oxygen atoms in total. The zero-order valence-corrected chi connectivity index (χ0v) is 4.92. The third-order valence-corrected chi connectivity index (χ3v) is 1.23. The zero-order valence-electron chi connectivity index (χ0n) is 4.92. The summed E-state index contributed by atoms with van der Waals surface area (Å²) in [5.74, 6) is 0. The fourth-order valence-corrected chi connectivity index (χ4v) is 0.699. The number of carbonyl (C=O) groups is 1. The monoisotopic (exact) mass is 113 g/mol. The van der Waals surface area contributed by atoms with Crippen molar-refractivity contribution in [2.24, 2.45) is 0 Å². The van der Waals surface area contributed by atoms with Crippen molar-refractivity contribution < 1.29 is 4.79 Å². The molecule has 0 N–H and O–H groups in total. The van der Waals surface area contributed by atoms with Crippen molar-refractivity contribution in [2.45, 2.75) is 6.42 Å². The quantitative estimate of drug-likeness (QED) is 0.437. The molecule has 45 valence electrons. The summed E-state index contributed by atoms with van der Waals surface area (Å²) in [6.07, 6.45) is 1.02. The second-order valence-electron chi connectivity index (χ2n) is 1.94. The standard InChI is InChI=1S/C5H9N2O/c1-7-4-2-3-6-5(7)8/h2-4H2,1H3. The molecule has 0 spiro atoms. The fourth-order valence-electron chi connectivity index (χ4n) is 0.699. The Hall–Kier alpha value is -0.730. The van der Waals surface area contributed by atoms with Gasteiger partial charge in [0.05, 0.1) is 0 Å². The van der Waals surface area contributed by atoms with Gasteiger partial charge in [-0.1, -0.05) is 0 Å². The smallest absolute Gasteiger partial charge is 0.326 e. The number of urea groups is 1. The molecule has 0 aromatic rings. The van der Waals surface area contributed by atoms with Gasteiger partial charge in [-0.25, -0.2) is 10.1 Å². The summed E-state index contributed by atoms with van der Waals surface area (Å²) in [5, 5.41) is 3.70. The van der Waals surface area contributed by atoms with Crippen LogP contribution in [-0.2, 0) is 0 Å². The Morgan fingerprint density at radius 1 is 1.75 bits per heavy atom. The Morgan fingerprint density at radius 3 is 2.88 bits per heavy atom. The Bertz CT molecular complexity index is 103. The molecule has 1 heterocycles. The van der Waals surface area contributed by atoms with Crippen LogP contribution in [0.5, 0.6) is 0 Å². The van der Waals surface area contributed by atoms with Crippen LogP contribution in [0.1, 0.15) is 6.42 Å². The van der Waals surface area contributed by atoms with Crippen molar-refractivity contribution in [3.63, 3.8) is 0 Å². The van der Waals surface area contributed by atoms with Crippen LogP contribution in [0.15, 0.2) is 0 Å². The van der Waals surface area contributed by atoms with E-state index in [4.69, 9.17) is 0 Å². The first-order valence-corrected chi connectivity index (χ1v) is 2.73. The lowest BCUT2D eigenvalue weighted by atomic mass is 10.3. The molecular formula is C5H9N2O. The average Bonchev–Trinajstić information content (AvgIpc) is 1.77. The van der Waals surface area contributed by atoms with Gasteiger partial charge < -0.3 is 4.90 Å². The van der Waals surface area contributed by atoms with Crippen molar-refractivity contribution in [1.82, 2.24) is 10.2 Å². The third kappa shape index (κ3) is 0.911. The van der Waals surface area contributed by atoms with E-state index in [1.54, 1.807) is 11.9 Å². The second kappa shape index (κ2) is 2.03. The van der Waals surface area contributed by atoms with E-state index >= 15 is 0 Å². The maximum Gasteiger partial charge on any atom is 0.338 e. The molecule has 0 atom stereocenters. The Morgan fingerprint density at radius 2 is 2.50 bits per heavy atom. The number of hydrogen-bond donors (Lipinski definition) is 0. The van der Waals surface area contributed by atoms with E-state index in [0.29, 0.717) is 6.54 Å². The minimum Gasteiger partial charge on any atom is -0.326 e. The van der Waals surface area contributed by atoms with Crippen LogP contribution in [0.3, 0.4) is 0 Å². The van der Waals surface area contributed by atoms with Crippen LogP contribution in [0.2, 0.25) is 0 Å². The molecule has 1 fully saturated rings. The van der Waals surface area contributed by atoms with Gasteiger partial charge in [0.2, 0.25) is 0 Å². The topological polar surface area (TPSA) is 34.4 Å². The van der Waals surface area contributed by atoms with Gasteiger partial charge in [-0.05, 0) is 6.42 Å². The van der Waals surface area contributed by atoms with Crippen LogP contribution in [0.25, 0.3) is 0 Å². The Kier molecular flexibility index (Phi) is 1.37. The largest absolute Gasteiger partial charge is 0.338 e. The summed E-state index contributed by atoms with van der Waals surface area (Å²) in [7, 11) is 1.77. The van der Waals surface area contributed by atoms with Gasteiger partial charge in [-0.2, -0.15) is 0 Å². The Balaban J connectivity index is 2.39. The molecule has 0 saturated carbocycles. The second-order valence-corrected chi connectivity index (χ2v) is 1.94. The summed E-state index contributed by atoms with van der Waals surface area (Å²) in [6, 6.07) is -0.0729. The lowest BCUT2D eigenvalue weighted by molar-refractivity contribution is 0.197. The maximum atomic E-state index is 10.6. The first-order valence-electron chi connectivity index (χ1n) is 2.73. The minimum absolute atomic E-state index is 0.0729. The summed E-state index contributed by atoms with van der Waals surface area (Å²) in [4.78, 5) is 12.2. The molecule has 3 heteroatoms. The van der Waals surface area contributed by atoms with Crippen molar-refractivity contribution in [3.8, 4) is 0 Å². The van der Waals surface area contributed by atoms with Gasteiger partial charge in [-0.3, -0.25) is 0 Å². The van der Waals surface area contributed by atoms with E-state index < -0.39 is 0 Å². The van der Waals surface area contributed by atoms with Crippen LogP contribution < -0.4 is 5.32 Å². The summed E-state index contributed by atoms with van der Waals surface area (Å²) in [5.41, 5.74) is 0. The lowest BCUT2D eigenvalue weighted by Crippen LogP contribution is -2.39. The SMILES string of the molecule is CN1CCC[N]C1=O. The van der Waals surface area contributed by atoms with Gasteiger partial charge in [-0.15, -0.1) is 0 Å². The molecule has 1 rings (SSSR count). The van der Waals surface area contributed by atoms with Gasteiger partial charge in [0, 0.05) is 20.1 Å². The van der Waals surface area contributed by atoms with E-state index in [1.807, 2.05) is 0 Å². The number of rotatable bonds is 0. The molecule has 0 aromatic carbocycles. The first-order chi connectivity index (χ1) is 3.80. The van der Waals surface area contributed by atoms with E-state index in [0.717, 1.165) is 13.0 Å². The molecule has 0 aliphatic carbocycles. The molecule has 2 amide bonds. The van der Waals surface area contributed by atoms with Crippen molar-refractivity contribution in [2.75, 3.05) is 20.1 Å². The third-order valence-electron chi connectivity index (χ3n) is 1.23. The van der Waals surface area contributed by atoms with Gasteiger partial charge in [0.15, 0.2) is 0 Å². The highest BCUT2D eigenvalue weighted by molar-refractivity contribution is 5.74. The van der Waals surface area contributed by atoms with Crippen LogP contribution in [0.4, 0.5) is 4.79 Å². The molecule has 1 aliphatic rings. The molecule has 0 unspecified atom stereocenters. The summed E-state index contributed by atoms with van der Waals surface area (Å²) >= 11 is 0. The number of carbonyl (C=O) groups excluding carboxylic acids is 1. The van der Waals surface area contributed by atoms with E-state index in [9.17, 15) is 4.79 Å². The van der Waals surface area contributed by atoms with Crippen molar-refractivity contribution in [3.05, 3.63) is 0 Å². The number of hydrogen-bond acceptors (Lipinski definition) is 1. The molecule has 8 heavy (non-hydrogen) atoms. The summed E-state index contributed by atoms with van der Waals surface area (Å²) in [6.45, 7) is 1.57. The van der Waals surface area contributed by atoms with Crippen LogP contribution in [0, 0.1) is 0 Å². The number of amides is 2. The van der Waals surface area contributed by atoms with E-state index in [-0.39, 0.29) is 6.03 Å². The highest BCUT2D eigenvalue weighted by Gasteiger charge is 2.12. The molecular weight excluding hydrogens is 104 g/mol. The van der Waals surface area contributed by atoms with Crippen LogP contribution in [-0.4, -0.2) is 31.1 Å². The molecule has 1 radical (unpaired) electrons. The highest BCUT2D eigenvalue weighted by atomic mass is 16.2. The highest BCUT2D eigenvalue weighted by Crippen LogP contribution is 1.94. The summed E-state index contributed by atoms with van der Waals surface area (Å²) < 4.78 is 0. The van der Waals surface area contributed by atoms with E-state index in [2.05, 4.69) is 5.32 Å². The molecule has 1 saturated heterocycles. The number of nitrogens with zero attached hydrogens (tertiary/aromatic N) is 2. The van der Waals surface area contributed by atoms with Crippen LogP contribution >= 0.6 is 0 Å². The Labute approximate surface area is 48.7 Å². The molecule has 0 bridgehead atoms. The predicted octanol–water partition coefficient (Wildman–Crippen LogP) is 0.0463. The van der Waals surface area contributed by atoms with Crippen molar-refractivity contribution in [1.29, 1.82) is 0 Å². The predicted molar refractivity (Wildman–Crippen MR) is 29.6 cm³/mol. The van der Waals surface area contributed by atoms with Crippen molar-refractivity contribution >= 4 is 6.03 Å². The van der Waals surface area contributed by atoms with Gasteiger partial charge in [0.1, 0.15) is 0 Å². The molecule has 0 aromatic heterocycles. The molecule has 1 aliphatic heterocycles. The first kappa shape index (κ1) is 5.41. The lowest BCUT2D eigenvalue weighted by Gasteiger charge is -2.20. The minimum atomic E-state index is -0.0729. The van der Waals surface area contributed by atoms with Gasteiger partial charge >= 0.3 is 6.03 Å². The fraction of sp³-hybridized carbons (Fsp3) is 0.800. The zero-order chi connectivity index (χ0) is 5.98. The normalized spacial score (nSPS) is 20.6. The maximum absolute atomic E-state index is 10.6. The average molecular weight is 113 g/mol.